The Morgan fingerprint density at radius 2 is 1.60 bits per heavy atom. The molecule has 1 N–H and O–H groups in total. The van der Waals surface area contributed by atoms with Crippen molar-refractivity contribution in [2.75, 3.05) is 44.6 Å². The third kappa shape index (κ3) is 9.63. The summed E-state index contributed by atoms with van der Waals surface area (Å²) in [7, 11) is 0. The predicted octanol–water partition coefficient (Wildman–Crippen LogP) is 6.72. The number of aryl methyl sites for hydroxylation is 1. The zero-order chi connectivity index (χ0) is 32.3. The van der Waals surface area contributed by atoms with Gasteiger partial charge in [-0.15, -0.1) is 0 Å². The predicted molar refractivity (Wildman–Crippen MR) is 179 cm³/mol. The van der Waals surface area contributed by atoms with Gasteiger partial charge >= 0.3 is 5.97 Å². The Labute approximate surface area is 268 Å². The lowest BCUT2D eigenvalue weighted by atomic mass is 10.0. The normalized spacial score (nSPS) is 13.8. The Kier molecular flexibility index (Phi) is 12.6. The van der Waals surface area contributed by atoms with Crippen molar-refractivity contribution < 1.29 is 19.1 Å². The molecule has 1 fully saturated rings. The Morgan fingerprint density at radius 3 is 2.22 bits per heavy atom. The van der Waals surface area contributed by atoms with E-state index in [1.54, 1.807) is 41.9 Å². The van der Waals surface area contributed by atoms with E-state index in [0.29, 0.717) is 47.4 Å². The van der Waals surface area contributed by atoms with E-state index < -0.39 is 5.97 Å². The molecule has 2 aromatic heterocycles. The Balaban J connectivity index is 1.61. The number of rotatable bonds is 15. The van der Waals surface area contributed by atoms with Gasteiger partial charge in [-0.2, -0.15) is 5.10 Å². The number of piperidine rings is 1. The van der Waals surface area contributed by atoms with E-state index in [1.165, 1.54) is 19.3 Å². The van der Waals surface area contributed by atoms with Gasteiger partial charge in [0.05, 0.1) is 17.7 Å². The van der Waals surface area contributed by atoms with Crippen LogP contribution in [0.2, 0.25) is 0 Å². The van der Waals surface area contributed by atoms with Crippen molar-refractivity contribution in [1.82, 2.24) is 19.4 Å². The number of nitrogens with one attached hydrogen (secondary N) is 1. The molecule has 3 aromatic rings. The number of ether oxygens (including phenoxy) is 1. The van der Waals surface area contributed by atoms with Crippen molar-refractivity contribution in [1.29, 1.82) is 0 Å². The third-order valence-corrected chi connectivity index (χ3v) is 8.44. The fourth-order valence-corrected chi connectivity index (χ4v) is 5.74. The summed E-state index contributed by atoms with van der Waals surface area (Å²) in [6, 6.07) is 10.4. The number of esters is 1. The number of aromatic nitrogens is 2. The molecule has 1 aliphatic rings. The molecule has 4 rings (SSSR count). The van der Waals surface area contributed by atoms with Crippen LogP contribution in [0, 0.1) is 11.8 Å². The molecule has 0 saturated carbocycles. The highest BCUT2D eigenvalue weighted by Gasteiger charge is 2.23. The van der Waals surface area contributed by atoms with Crippen LogP contribution in [0.4, 0.5) is 5.69 Å². The van der Waals surface area contributed by atoms with Gasteiger partial charge in [-0.1, -0.05) is 34.1 Å². The lowest BCUT2D eigenvalue weighted by molar-refractivity contribution is 0.0526. The minimum atomic E-state index is -0.399. The van der Waals surface area contributed by atoms with Gasteiger partial charge in [-0.3, -0.25) is 9.59 Å². The minimum Gasteiger partial charge on any atom is -0.462 e. The third-order valence-electron chi connectivity index (χ3n) is 8.44. The molecule has 0 bridgehead atoms. The second-order valence-electron chi connectivity index (χ2n) is 13.0. The van der Waals surface area contributed by atoms with Gasteiger partial charge in [-0.05, 0) is 113 Å². The van der Waals surface area contributed by atoms with E-state index in [1.807, 2.05) is 17.0 Å². The highest BCUT2D eigenvalue weighted by atomic mass is 16.5. The van der Waals surface area contributed by atoms with E-state index >= 15 is 0 Å². The van der Waals surface area contributed by atoms with Crippen molar-refractivity contribution in [2.45, 2.75) is 79.6 Å². The van der Waals surface area contributed by atoms with E-state index in [-0.39, 0.29) is 11.8 Å². The number of anilines is 1. The smallest absolute Gasteiger partial charge is 0.338 e. The molecule has 244 valence electrons. The molecule has 1 aliphatic heterocycles. The van der Waals surface area contributed by atoms with Gasteiger partial charge < -0.3 is 19.9 Å². The van der Waals surface area contributed by atoms with Crippen LogP contribution in [-0.2, 0) is 11.2 Å². The molecule has 0 unspecified atom stereocenters. The van der Waals surface area contributed by atoms with Crippen LogP contribution in [0.3, 0.4) is 0 Å². The molecule has 0 spiro atoms. The van der Waals surface area contributed by atoms with Gasteiger partial charge in [0, 0.05) is 36.1 Å². The lowest BCUT2D eigenvalue weighted by Gasteiger charge is -2.26. The van der Waals surface area contributed by atoms with Gasteiger partial charge in [-0.25, -0.2) is 9.31 Å². The largest absolute Gasteiger partial charge is 0.462 e. The number of benzene rings is 1. The Hall–Kier alpha value is -3.72. The first-order valence-electron chi connectivity index (χ1n) is 16.8. The molecule has 1 saturated heterocycles. The maximum Gasteiger partial charge on any atom is 0.338 e. The second-order valence-corrected chi connectivity index (χ2v) is 13.0. The summed E-state index contributed by atoms with van der Waals surface area (Å²) in [6.45, 7) is 15.4. The zero-order valence-corrected chi connectivity index (χ0v) is 27.8. The van der Waals surface area contributed by atoms with E-state index in [2.05, 4.69) is 37.9 Å². The number of amides is 2. The Morgan fingerprint density at radius 1 is 0.933 bits per heavy atom. The number of carbonyl (C=O) groups is 3. The number of carbonyl (C=O) groups excluding carboxylic acids is 3. The summed E-state index contributed by atoms with van der Waals surface area (Å²) in [6.07, 6.45) is 9.01. The van der Waals surface area contributed by atoms with Crippen LogP contribution in [-0.4, -0.2) is 76.5 Å². The zero-order valence-electron chi connectivity index (χ0n) is 27.8. The second kappa shape index (κ2) is 16.5. The molecule has 0 atom stereocenters. The molecule has 9 heteroatoms. The number of hydrogen-bond acceptors (Lipinski definition) is 6. The van der Waals surface area contributed by atoms with Crippen LogP contribution < -0.4 is 5.32 Å². The van der Waals surface area contributed by atoms with Crippen molar-refractivity contribution >= 4 is 29.0 Å². The van der Waals surface area contributed by atoms with Gasteiger partial charge in [0.1, 0.15) is 0 Å². The highest BCUT2D eigenvalue weighted by molar-refractivity contribution is 6.05. The number of pyridine rings is 1. The average molecular weight is 618 g/mol. The SMILES string of the molecule is CCOC(=O)c1ccc(NC(=O)c2nn3ccc(C(=O)N(CCC(C)C)CCC(C)C)cc3c2CCCN2CCCCC2)cc1. The summed E-state index contributed by atoms with van der Waals surface area (Å²) in [5.41, 5.74) is 3.59. The lowest BCUT2D eigenvalue weighted by Crippen LogP contribution is -2.34. The first-order valence-corrected chi connectivity index (χ1v) is 16.8. The van der Waals surface area contributed by atoms with E-state index in [9.17, 15) is 14.4 Å². The quantitative estimate of drug-likeness (QED) is 0.190. The van der Waals surface area contributed by atoms with Crippen LogP contribution in [0.5, 0.6) is 0 Å². The number of likely N-dealkylation sites (tertiary alicyclic amines) is 1. The number of nitrogens with zero attached hydrogens (tertiary/aromatic N) is 4. The number of hydrogen-bond donors (Lipinski definition) is 1. The van der Waals surface area contributed by atoms with Crippen LogP contribution in [0.15, 0.2) is 42.6 Å². The summed E-state index contributed by atoms with van der Waals surface area (Å²) in [4.78, 5) is 44.0. The molecule has 0 aliphatic carbocycles. The fraction of sp³-hybridized carbons (Fsp3) is 0.556. The van der Waals surface area contributed by atoms with Crippen LogP contribution in [0.1, 0.15) is 110 Å². The Bertz CT molecular complexity index is 1410. The van der Waals surface area contributed by atoms with E-state index in [0.717, 1.165) is 63.1 Å². The first-order chi connectivity index (χ1) is 21.7. The maximum atomic E-state index is 13.8. The monoisotopic (exact) mass is 617 g/mol. The van der Waals surface area contributed by atoms with Crippen LogP contribution in [0.25, 0.3) is 5.52 Å². The van der Waals surface area contributed by atoms with Crippen molar-refractivity contribution in [3.63, 3.8) is 0 Å². The van der Waals surface area contributed by atoms with Crippen molar-refractivity contribution in [2.24, 2.45) is 11.8 Å². The average Bonchev–Trinajstić information content (AvgIpc) is 3.39. The molecular weight excluding hydrogens is 566 g/mol. The van der Waals surface area contributed by atoms with Crippen LogP contribution >= 0.6 is 0 Å². The summed E-state index contributed by atoms with van der Waals surface area (Å²) >= 11 is 0. The topological polar surface area (TPSA) is 96.2 Å². The molecule has 3 heterocycles. The maximum absolute atomic E-state index is 13.8. The standard InChI is InChI=1S/C36H51N5O4/c1-6-45-36(44)28-12-14-30(15-13-28)37-34(42)33-31(11-10-21-39-19-8-7-9-20-39)32-25-29(18-24-41(32)38-33)35(43)40(22-16-26(2)3)23-17-27(4)5/h12-15,18,24-27H,6-11,16-17,19-23H2,1-5H3,(H,37,42). The number of fused-ring (bicyclic) bond motifs is 1. The molecule has 2 amide bonds. The molecule has 9 nitrogen and oxygen atoms in total. The van der Waals surface area contributed by atoms with Gasteiger partial charge in [0.25, 0.3) is 11.8 Å². The van der Waals surface area contributed by atoms with Gasteiger partial charge in [0.2, 0.25) is 0 Å². The van der Waals surface area contributed by atoms with E-state index in [4.69, 9.17) is 9.84 Å². The molecule has 1 aromatic carbocycles. The summed E-state index contributed by atoms with van der Waals surface area (Å²) in [5.74, 6) is 0.311. The van der Waals surface area contributed by atoms with Crippen molar-refractivity contribution in [3.8, 4) is 0 Å². The molecular formula is C36H51N5O4. The first kappa shape index (κ1) is 34.2. The minimum absolute atomic E-state index is 0.0203. The van der Waals surface area contributed by atoms with Gasteiger partial charge in [0.15, 0.2) is 5.69 Å². The van der Waals surface area contributed by atoms with Crippen molar-refractivity contribution in [3.05, 3.63) is 65.0 Å². The summed E-state index contributed by atoms with van der Waals surface area (Å²) in [5, 5.41) is 7.66. The molecule has 0 radical (unpaired) electrons. The molecule has 45 heavy (non-hydrogen) atoms. The summed E-state index contributed by atoms with van der Waals surface area (Å²) < 4.78 is 6.79. The highest BCUT2D eigenvalue weighted by Crippen LogP contribution is 2.23. The fourth-order valence-electron chi connectivity index (χ4n) is 5.74.